The Kier molecular flexibility index (Phi) is 24.7. The van der Waals surface area contributed by atoms with E-state index in [0.717, 1.165) is 0 Å². The second-order valence-corrected chi connectivity index (χ2v) is 0.149. The number of hydrogen-bond acceptors (Lipinski definition) is 1. The molecule has 0 saturated heterocycles. The van der Waals surface area contributed by atoms with Crippen molar-refractivity contribution in [3.63, 3.8) is 0 Å². The summed E-state index contributed by atoms with van der Waals surface area (Å²) in [5, 5.41) is 7.22. The van der Waals surface area contributed by atoms with Gasteiger partial charge in [0.05, 0.1) is 0 Å². The fourth-order valence-electron chi connectivity index (χ4n) is 0. The van der Waals surface area contributed by atoms with Gasteiger partial charge >= 0.3 is 18.9 Å². The maximum Gasteiger partial charge on any atom is 1.00 e. The van der Waals surface area contributed by atoms with Crippen LogP contribution in [-0.2, 0) is 0 Å². The van der Waals surface area contributed by atoms with Crippen LogP contribution in [0, 0.1) is 6.58 Å². The van der Waals surface area contributed by atoms with E-state index in [1.165, 1.54) is 0 Å². The minimum Gasteiger partial charge on any atom is -0.553 e. The van der Waals surface area contributed by atoms with Gasteiger partial charge in [-0.05, 0) is 0 Å². The molecule has 1 nitrogen and oxygen atoms in total. The number of aliphatic hydroxyl groups excluding tert-OH is 1. The Bertz CT molecular complexity index is 13.5. The second-order valence-electron chi connectivity index (χ2n) is 0.149. The maximum atomic E-state index is 7.22. The van der Waals surface area contributed by atoms with Crippen molar-refractivity contribution in [1.29, 1.82) is 0 Å². The van der Waals surface area contributed by atoms with Gasteiger partial charge in [0, 0.05) is 0 Å². The summed E-state index contributed by atoms with van der Waals surface area (Å²) in [7, 11) is 0. The minimum absolute atomic E-state index is 0. The molecule has 0 fully saturated rings. The van der Waals surface area contributed by atoms with E-state index in [0.29, 0.717) is 6.26 Å². The fraction of sp³-hybridized carbons (Fsp3) is 0. The molecule has 0 aliphatic carbocycles. The van der Waals surface area contributed by atoms with Crippen LogP contribution in [0.15, 0.2) is 6.26 Å². The van der Waals surface area contributed by atoms with Gasteiger partial charge in [-0.25, -0.2) is 0 Å². The van der Waals surface area contributed by atoms with E-state index in [4.69, 9.17) is 5.11 Å². The van der Waals surface area contributed by atoms with Gasteiger partial charge in [-0.1, -0.05) is 0 Å². The molecule has 4 heavy (non-hydrogen) atoms. The zero-order chi connectivity index (χ0) is 2.71. The molecule has 0 aliphatic heterocycles. The van der Waals surface area contributed by atoms with Gasteiger partial charge in [-0.15, -0.1) is 6.26 Å². The summed E-state index contributed by atoms with van der Waals surface area (Å²) in [6.45, 7) is 4.28. The maximum absolute atomic E-state index is 7.22. The standard InChI is InChI=1S/C2H3O.Li/c1-2-3;/h1-3H;/q-1;+1. The van der Waals surface area contributed by atoms with Crippen molar-refractivity contribution in [2.24, 2.45) is 0 Å². The number of aliphatic hydroxyl groups is 1. The van der Waals surface area contributed by atoms with Gasteiger partial charge in [0.15, 0.2) is 0 Å². The fourth-order valence-corrected chi connectivity index (χ4v) is 0. The number of hydrogen-bond donors (Lipinski definition) is 1. The molecule has 0 spiro atoms. The van der Waals surface area contributed by atoms with Gasteiger partial charge in [0.2, 0.25) is 0 Å². The third kappa shape index (κ3) is 146. The topological polar surface area (TPSA) is 20.2 Å². The van der Waals surface area contributed by atoms with Crippen LogP contribution >= 0.6 is 0 Å². The van der Waals surface area contributed by atoms with Crippen LogP contribution in [0.5, 0.6) is 0 Å². The molecule has 1 N–H and O–H groups in total. The average molecular weight is 50.0 g/mol. The Hall–Kier alpha value is 0.137. The molecule has 0 heterocycles. The predicted octanol–water partition coefficient (Wildman–Crippen LogP) is -2.50. The van der Waals surface area contributed by atoms with Gasteiger partial charge in [0.25, 0.3) is 0 Å². The van der Waals surface area contributed by atoms with E-state index in [9.17, 15) is 0 Å². The first-order chi connectivity index (χ1) is 1.41. The molecule has 0 rings (SSSR count). The Morgan fingerprint density at radius 3 is 1.75 bits per heavy atom. The van der Waals surface area contributed by atoms with E-state index in [2.05, 4.69) is 6.58 Å². The van der Waals surface area contributed by atoms with Crippen LogP contribution in [0.2, 0.25) is 0 Å². The summed E-state index contributed by atoms with van der Waals surface area (Å²) in [5.41, 5.74) is 0. The third-order valence-electron chi connectivity index (χ3n) is 0. The summed E-state index contributed by atoms with van der Waals surface area (Å²) >= 11 is 0. The van der Waals surface area contributed by atoms with Crippen molar-refractivity contribution in [3.05, 3.63) is 12.8 Å². The second kappa shape index (κ2) is 11.1. The molecule has 0 aliphatic rings. The molecular weight excluding hydrogens is 47.0 g/mol. The van der Waals surface area contributed by atoms with Gasteiger partial charge in [-0.3, -0.25) is 0 Å². The molecule has 0 amide bonds. The molecule has 18 valence electrons. The minimum atomic E-state index is 0. The first-order valence-corrected chi connectivity index (χ1v) is 0.592. The van der Waals surface area contributed by atoms with Crippen LogP contribution in [0.1, 0.15) is 0 Å². The van der Waals surface area contributed by atoms with Crippen LogP contribution in [0.4, 0.5) is 0 Å². The van der Waals surface area contributed by atoms with Crippen LogP contribution in [0.25, 0.3) is 0 Å². The normalized spacial score (nSPS) is 3.00. The van der Waals surface area contributed by atoms with Crippen LogP contribution < -0.4 is 18.9 Å². The zero-order valence-corrected chi connectivity index (χ0v) is 2.60. The quantitative estimate of drug-likeness (QED) is 0.183. The molecule has 0 aromatic heterocycles. The Morgan fingerprint density at radius 1 is 1.75 bits per heavy atom. The molecule has 0 aromatic rings. The van der Waals surface area contributed by atoms with E-state index in [1.807, 2.05) is 0 Å². The van der Waals surface area contributed by atoms with Crippen molar-refractivity contribution in [1.82, 2.24) is 0 Å². The first kappa shape index (κ1) is 8.91. The summed E-state index contributed by atoms with van der Waals surface area (Å²) in [6, 6.07) is 0. The van der Waals surface area contributed by atoms with Gasteiger partial charge in [-0.2, -0.15) is 0 Å². The Balaban J connectivity index is 0. The van der Waals surface area contributed by atoms with Crippen molar-refractivity contribution in [2.75, 3.05) is 0 Å². The van der Waals surface area contributed by atoms with E-state index < -0.39 is 0 Å². The first-order valence-electron chi connectivity index (χ1n) is 0.592. The Morgan fingerprint density at radius 2 is 1.75 bits per heavy atom. The molecule has 0 aromatic carbocycles. The number of rotatable bonds is 0. The van der Waals surface area contributed by atoms with Crippen molar-refractivity contribution in [2.45, 2.75) is 0 Å². The van der Waals surface area contributed by atoms with Crippen molar-refractivity contribution in [3.8, 4) is 0 Å². The molecule has 2 heteroatoms. The monoisotopic (exact) mass is 50.0 g/mol. The summed E-state index contributed by atoms with van der Waals surface area (Å²) in [6.07, 6.45) is 0.500. The van der Waals surface area contributed by atoms with Crippen molar-refractivity contribution >= 4 is 0 Å². The third-order valence-corrected chi connectivity index (χ3v) is 0. The zero-order valence-electron chi connectivity index (χ0n) is 2.60. The Labute approximate surface area is 37.5 Å². The van der Waals surface area contributed by atoms with Gasteiger partial charge < -0.3 is 11.7 Å². The summed E-state index contributed by atoms with van der Waals surface area (Å²) in [5.74, 6) is 0. The largest absolute Gasteiger partial charge is 1.00 e. The van der Waals surface area contributed by atoms with Crippen LogP contribution in [-0.4, -0.2) is 5.11 Å². The molecule has 0 radical (unpaired) electrons. The smallest absolute Gasteiger partial charge is 0.553 e. The molecule has 0 saturated carbocycles. The van der Waals surface area contributed by atoms with Gasteiger partial charge in [0.1, 0.15) is 0 Å². The van der Waals surface area contributed by atoms with Crippen molar-refractivity contribution < 1.29 is 24.0 Å². The van der Waals surface area contributed by atoms with Crippen LogP contribution in [0.3, 0.4) is 0 Å². The SMILES string of the molecule is [CH-]=CO.[Li+]. The summed E-state index contributed by atoms with van der Waals surface area (Å²) in [4.78, 5) is 0. The van der Waals surface area contributed by atoms with E-state index >= 15 is 0 Å². The molecular formula is C2H3LiO. The van der Waals surface area contributed by atoms with E-state index in [-0.39, 0.29) is 18.9 Å². The predicted molar refractivity (Wildman–Crippen MR) is 11.5 cm³/mol. The molecule has 0 bridgehead atoms. The summed E-state index contributed by atoms with van der Waals surface area (Å²) < 4.78 is 0. The van der Waals surface area contributed by atoms with E-state index in [1.54, 1.807) is 0 Å². The molecule has 0 atom stereocenters. The average Bonchev–Trinajstić information content (AvgIpc) is 0.918. The molecule has 0 unspecified atom stereocenters.